The van der Waals surface area contributed by atoms with Crippen LogP contribution in [0.2, 0.25) is 0 Å². The Bertz CT molecular complexity index is 638. The largest absolute Gasteiger partial charge is 0.383 e. The topological polar surface area (TPSA) is 9.23 Å². The van der Waals surface area contributed by atoms with E-state index >= 15 is 0 Å². The molecule has 0 aromatic heterocycles. The minimum Gasteiger partial charge on any atom is -0.309 e. The van der Waals surface area contributed by atoms with Crippen molar-refractivity contribution in [3.63, 3.8) is 0 Å². The molecule has 118 valence electrons. The molecular weight excluding hydrogens is 296 g/mol. The van der Waals surface area contributed by atoms with Crippen LogP contribution in [0.3, 0.4) is 0 Å². The normalized spacial score (nSPS) is 13.2. The molecule has 1 nitrogen and oxygen atoms in total. The predicted octanol–water partition coefficient (Wildman–Crippen LogP) is 5.35. The average Bonchev–Trinajstić information content (AvgIpc) is 2.49. The molecule has 2 aromatic carbocycles. The summed E-state index contributed by atoms with van der Waals surface area (Å²) in [5.74, 6) is -2.12. The first-order valence-corrected chi connectivity index (χ1v) is 6.93. The number of aryl methyl sites for hydroxylation is 1. The molecule has 0 N–H and O–H groups in total. The molecule has 0 heterocycles. The maximum Gasteiger partial charge on any atom is 0.383 e. The molecule has 0 aliphatic heterocycles. The highest BCUT2D eigenvalue weighted by atomic mass is 19.3. The molecule has 22 heavy (non-hydrogen) atoms. The first kappa shape index (κ1) is 16.5. The van der Waals surface area contributed by atoms with Crippen molar-refractivity contribution in [3.8, 4) is 0 Å². The van der Waals surface area contributed by atoms with Gasteiger partial charge in [-0.3, -0.25) is 0 Å². The Hall–Kier alpha value is -1.88. The number of alkyl halides is 2. The Labute approximate surface area is 126 Å². The molecule has 0 saturated carbocycles. The maximum atomic E-state index is 14.1. The Balaban J connectivity index is 2.17. The first-order valence-electron chi connectivity index (χ1n) is 6.93. The third-order valence-corrected chi connectivity index (χ3v) is 3.44. The molecule has 0 fully saturated rings. The minimum atomic E-state index is -3.52. The highest BCUT2D eigenvalue weighted by molar-refractivity contribution is 5.25. The van der Waals surface area contributed by atoms with Crippen LogP contribution in [0, 0.1) is 11.6 Å². The van der Waals surface area contributed by atoms with Crippen molar-refractivity contribution in [2.45, 2.75) is 32.5 Å². The van der Waals surface area contributed by atoms with Gasteiger partial charge < -0.3 is 4.74 Å². The van der Waals surface area contributed by atoms with Crippen molar-refractivity contribution in [1.82, 2.24) is 0 Å². The second-order valence-corrected chi connectivity index (χ2v) is 5.00. The summed E-state index contributed by atoms with van der Waals surface area (Å²) in [6.45, 7) is 3.29. The zero-order chi connectivity index (χ0) is 16.3. The van der Waals surface area contributed by atoms with E-state index in [1.165, 1.54) is 25.1 Å². The lowest BCUT2D eigenvalue weighted by Crippen LogP contribution is -2.20. The summed E-state index contributed by atoms with van der Waals surface area (Å²) in [4.78, 5) is 0. The minimum absolute atomic E-state index is 0.142. The van der Waals surface area contributed by atoms with E-state index in [1.54, 1.807) is 12.1 Å². The second kappa shape index (κ2) is 6.48. The monoisotopic (exact) mass is 312 g/mol. The highest BCUT2D eigenvalue weighted by Gasteiger charge is 2.35. The molecule has 0 radical (unpaired) electrons. The fraction of sp³-hybridized carbons (Fsp3) is 0.294. The molecule has 2 aromatic rings. The van der Waals surface area contributed by atoms with E-state index in [9.17, 15) is 17.6 Å². The summed E-state index contributed by atoms with van der Waals surface area (Å²) >= 11 is 0. The molecule has 2 rings (SSSR count). The van der Waals surface area contributed by atoms with Crippen molar-refractivity contribution in [1.29, 1.82) is 0 Å². The Morgan fingerprint density at radius 2 is 1.64 bits per heavy atom. The van der Waals surface area contributed by atoms with Crippen molar-refractivity contribution < 1.29 is 22.3 Å². The van der Waals surface area contributed by atoms with Crippen LogP contribution in [-0.2, 0) is 17.3 Å². The lowest BCUT2D eigenvalue weighted by atomic mass is 10.1. The third-order valence-electron chi connectivity index (χ3n) is 3.44. The van der Waals surface area contributed by atoms with Gasteiger partial charge in [0.25, 0.3) is 0 Å². The Morgan fingerprint density at radius 1 is 1.00 bits per heavy atom. The summed E-state index contributed by atoms with van der Waals surface area (Å²) < 4.78 is 59.0. The van der Waals surface area contributed by atoms with Gasteiger partial charge in [0.1, 0.15) is 0 Å². The number of halogens is 4. The van der Waals surface area contributed by atoms with Crippen LogP contribution in [0.5, 0.6) is 0 Å². The van der Waals surface area contributed by atoms with Crippen LogP contribution < -0.4 is 0 Å². The maximum absolute atomic E-state index is 14.1. The second-order valence-electron chi connectivity index (χ2n) is 5.00. The van der Waals surface area contributed by atoms with Gasteiger partial charge in [-0.1, -0.05) is 37.3 Å². The van der Waals surface area contributed by atoms with Gasteiger partial charge in [0, 0.05) is 0 Å². The van der Waals surface area contributed by atoms with Crippen LogP contribution in [-0.4, -0.2) is 0 Å². The standard InChI is InChI=1S/C17H16F4O/c1-3-12-4-7-14(8-5-12)17(20,21)22-11(2)13-6-9-15(18)16(19)10-13/h4-11H,3H2,1-2H3. The molecule has 0 aliphatic carbocycles. The lowest BCUT2D eigenvalue weighted by molar-refractivity contribution is -0.272. The molecule has 0 amide bonds. The van der Waals surface area contributed by atoms with Crippen molar-refractivity contribution in [2.75, 3.05) is 0 Å². The molecule has 0 aliphatic rings. The zero-order valence-corrected chi connectivity index (χ0v) is 12.2. The first-order chi connectivity index (χ1) is 10.3. The van der Waals surface area contributed by atoms with E-state index in [0.29, 0.717) is 0 Å². The number of rotatable bonds is 5. The predicted molar refractivity (Wildman–Crippen MR) is 75.6 cm³/mol. The number of benzene rings is 2. The van der Waals surface area contributed by atoms with Gasteiger partial charge in [-0.15, -0.1) is 0 Å². The van der Waals surface area contributed by atoms with Crippen LogP contribution in [0.25, 0.3) is 0 Å². The smallest absolute Gasteiger partial charge is 0.309 e. The van der Waals surface area contributed by atoms with E-state index in [0.717, 1.165) is 24.1 Å². The summed E-state index contributed by atoms with van der Waals surface area (Å²) in [5, 5.41) is 0. The van der Waals surface area contributed by atoms with Gasteiger partial charge in [-0.2, -0.15) is 8.78 Å². The van der Waals surface area contributed by atoms with Gasteiger partial charge in [0.15, 0.2) is 11.6 Å². The van der Waals surface area contributed by atoms with E-state index in [2.05, 4.69) is 0 Å². The highest BCUT2D eigenvalue weighted by Crippen LogP contribution is 2.35. The molecule has 1 atom stereocenters. The van der Waals surface area contributed by atoms with Gasteiger partial charge >= 0.3 is 6.11 Å². The van der Waals surface area contributed by atoms with E-state index in [1.807, 2.05) is 6.92 Å². The summed E-state index contributed by atoms with van der Waals surface area (Å²) in [6, 6.07) is 8.78. The van der Waals surface area contributed by atoms with Gasteiger partial charge in [0.2, 0.25) is 0 Å². The van der Waals surface area contributed by atoms with Crippen molar-refractivity contribution >= 4 is 0 Å². The van der Waals surface area contributed by atoms with E-state index < -0.39 is 23.8 Å². The van der Waals surface area contributed by atoms with Gasteiger partial charge in [0.05, 0.1) is 11.7 Å². The van der Waals surface area contributed by atoms with Crippen LogP contribution in [0.1, 0.15) is 36.6 Å². The SMILES string of the molecule is CCc1ccc(C(F)(F)OC(C)c2ccc(F)c(F)c2)cc1. The fourth-order valence-corrected chi connectivity index (χ4v) is 2.06. The molecular formula is C17H16F4O. The molecule has 0 bridgehead atoms. The molecule has 0 saturated heterocycles. The lowest BCUT2D eigenvalue weighted by Gasteiger charge is -2.22. The number of hydrogen-bond donors (Lipinski definition) is 0. The van der Waals surface area contributed by atoms with Crippen molar-refractivity contribution in [3.05, 3.63) is 70.8 Å². The van der Waals surface area contributed by atoms with Gasteiger partial charge in [-0.05, 0) is 36.6 Å². The number of hydrogen-bond acceptors (Lipinski definition) is 1. The van der Waals surface area contributed by atoms with Crippen molar-refractivity contribution in [2.24, 2.45) is 0 Å². The van der Waals surface area contributed by atoms with Gasteiger partial charge in [-0.25, -0.2) is 8.78 Å². The Kier molecular flexibility index (Phi) is 4.86. The average molecular weight is 312 g/mol. The zero-order valence-electron chi connectivity index (χ0n) is 12.2. The molecule has 0 spiro atoms. The molecule has 1 unspecified atom stereocenters. The van der Waals surface area contributed by atoms with Crippen LogP contribution in [0.4, 0.5) is 17.6 Å². The quantitative estimate of drug-likeness (QED) is 0.676. The van der Waals surface area contributed by atoms with Crippen LogP contribution >= 0.6 is 0 Å². The molecule has 5 heteroatoms. The third kappa shape index (κ3) is 3.65. The summed E-state index contributed by atoms with van der Waals surface area (Å²) in [7, 11) is 0. The summed E-state index contributed by atoms with van der Waals surface area (Å²) in [6.07, 6.45) is -3.86. The van der Waals surface area contributed by atoms with E-state index in [4.69, 9.17) is 4.74 Å². The van der Waals surface area contributed by atoms with E-state index in [-0.39, 0.29) is 11.1 Å². The summed E-state index contributed by atoms with van der Waals surface area (Å²) in [5.41, 5.74) is 0.802. The Morgan fingerprint density at radius 3 is 2.18 bits per heavy atom. The number of ether oxygens (including phenoxy) is 1. The van der Waals surface area contributed by atoms with Crippen LogP contribution in [0.15, 0.2) is 42.5 Å². The fourth-order valence-electron chi connectivity index (χ4n) is 2.06.